The summed E-state index contributed by atoms with van der Waals surface area (Å²) in [6, 6.07) is 8.55. The summed E-state index contributed by atoms with van der Waals surface area (Å²) in [5.41, 5.74) is 12.0. The van der Waals surface area contributed by atoms with Crippen LogP contribution in [0.4, 0.5) is 21.5 Å². The van der Waals surface area contributed by atoms with Crippen molar-refractivity contribution in [3.63, 3.8) is 0 Å². The van der Waals surface area contributed by atoms with Crippen LogP contribution in [0.1, 0.15) is 68.9 Å². The normalized spacial score (nSPS) is 20.9. The molecule has 0 saturated heterocycles. The maximum absolute atomic E-state index is 14.6. The summed E-state index contributed by atoms with van der Waals surface area (Å²) < 4.78 is 14.6. The average Bonchev–Trinajstić information content (AvgIpc) is 2.81. The first-order chi connectivity index (χ1) is 14.7. The standard InChI is InChI=1S/C25H29FN4/c1-2-16-10-11-28-25-23(16)20(13-21(26)24(25)27)17-8-9-18-14-30(15-29-22(18)12-17)19-6-4-3-5-7-19/h8-9,11-13,15-16,19H,2-7,10,14,27H2,1H3. The number of aliphatic imine (C=N–C) groups is 2. The predicted molar refractivity (Wildman–Crippen MR) is 123 cm³/mol. The topological polar surface area (TPSA) is 54.0 Å². The lowest BCUT2D eigenvalue weighted by molar-refractivity contribution is 0.242. The van der Waals surface area contributed by atoms with Crippen LogP contribution in [0.25, 0.3) is 11.1 Å². The molecule has 1 fully saturated rings. The van der Waals surface area contributed by atoms with Crippen LogP contribution in [0.5, 0.6) is 0 Å². The number of benzene rings is 2. The predicted octanol–water partition coefficient (Wildman–Crippen LogP) is 6.48. The molecule has 1 unspecified atom stereocenters. The molecule has 0 amide bonds. The molecule has 2 aromatic carbocycles. The van der Waals surface area contributed by atoms with Crippen molar-refractivity contribution < 1.29 is 4.39 Å². The van der Waals surface area contributed by atoms with E-state index in [1.807, 2.05) is 12.6 Å². The van der Waals surface area contributed by atoms with Crippen LogP contribution in [0.2, 0.25) is 0 Å². The van der Waals surface area contributed by atoms with Gasteiger partial charge in [-0.3, -0.25) is 4.99 Å². The van der Waals surface area contributed by atoms with Gasteiger partial charge < -0.3 is 10.6 Å². The zero-order valence-electron chi connectivity index (χ0n) is 17.6. The third-order valence-corrected chi connectivity index (χ3v) is 6.98. The van der Waals surface area contributed by atoms with Gasteiger partial charge in [-0.1, -0.05) is 38.3 Å². The first-order valence-electron chi connectivity index (χ1n) is 11.2. The number of nitrogen functional groups attached to an aromatic ring is 1. The molecular weight excluding hydrogens is 375 g/mol. The first-order valence-corrected chi connectivity index (χ1v) is 11.2. The maximum Gasteiger partial charge on any atom is 0.148 e. The zero-order chi connectivity index (χ0) is 20.7. The minimum absolute atomic E-state index is 0.155. The van der Waals surface area contributed by atoms with Gasteiger partial charge in [0.15, 0.2) is 0 Å². The van der Waals surface area contributed by atoms with E-state index in [0.29, 0.717) is 17.6 Å². The highest BCUT2D eigenvalue weighted by Gasteiger charge is 2.26. The van der Waals surface area contributed by atoms with E-state index in [9.17, 15) is 4.39 Å². The van der Waals surface area contributed by atoms with Crippen molar-refractivity contribution in [2.24, 2.45) is 9.98 Å². The van der Waals surface area contributed by atoms with E-state index in [0.717, 1.165) is 41.8 Å². The van der Waals surface area contributed by atoms with Gasteiger partial charge in [0.1, 0.15) is 5.82 Å². The Morgan fingerprint density at radius 2 is 1.97 bits per heavy atom. The Morgan fingerprint density at radius 3 is 2.77 bits per heavy atom. The van der Waals surface area contributed by atoms with Gasteiger partial charge in [-0.25, -0.2) is 9.38 Å². The highest BCUT2D eigenvalue weighted by Crippen LogP contribution is 2.46. The largest absolute Gasteiger partial charge is 0.395 e. The monoisotopic (exact) mass is 404 g/mol. The van der Waals surface area contributed by atoms with Crippen molar-refractivity contribution in [3.8, 4) is 11.1 Å². The first kappa shape index (κ1) is 19.3. The number of hydrogen-bond acceptors (Lipinski definition) is 4. The van der Waals surface area contributed by atoms with Gasteiger partial charge in [0.05, 0.1) is 23.4 Å². The number of anilines is 1. The molecule has 1 saturated carbocycles. The Kier molecular flexibility index (Phi) is 5.05. The third-order valence-electron chi connectivity index (χ3n) is 6.98. The molecule has 1 aliphatic carbocycles. The molecule has 2 N–H and O–H groups in total. The fourth-order valence-electron chi connectivity index (χ4n) is 5.21. The second kappa shape index (κ2) is 7.86. The van der Waals surface area contributed by atoms with E-state index in [1.165, 1.54) is 37.7 Å². The number of rotatable bonds is 3. The molecule has 0 bridgehead atoms. The number of nitrogens with zero attached hydrogens (tertiary/aromatic N) is 3. The highest BCUT2D eigenvalue weighted by atomic mass is 19.1. The summed E-state index contributed by atoms with van der Waals surface area (Å²) in [7, 11) is 0. The molecule has 0 radical (unpaired) electrons. The fraction of sp³-hybridized carbons (Fsp3) is 0.440. The van der Waals surface area contributed by atoms with Gasteiger partial charge in [-0.15, -0.1) is 0 Å². The van der Waals surface area contributed by atoms with E-state index in [1.54, 1.807) is 6.07 Å². The van der Waals surface area contributed by atoms with E-state index >= 15 is 0 Å². The lowest BCUT2D eigenvalue weighted by atomic mass is 9.83. The van der Waals surface area contributed by atoms with Gasteiger partial charge in [0.2, 0.25) is 0 Å². The van der Waals surface area contributed by atoms with E-state index in [2.05, 4.69) is 35.0 Å². The van der Waals surface area contributed by atoms with Crippen molar-refractivity contribution >= 4 is 29.6 Å². The molecule has 0 spiro atoms. The van der Waals surface area contributed by atoms with Gasteiger partial charge in [-0.2, -0.15) is 0 Å². The van der Waals surface area contributed by atoms with Crippen LogP contribution in [0.3, 0.4) is 0 Å². The highest BCUT2D eigenvalue weighted by molar-refractivity contribution is 5.87. The van der Waals surface area contributed by atoms with Crippen LogP contribution >= 0.6 is 0 Å². The van der Waals surface area contributed by atoms with Crippen molar-refractivity contribution in [1.82, 2.24) is 4.90 Å². The van der Waals surface area contributed by atoms with Crippen molar-refractivity contribution in [3.05, 3.63) is 41.2 Å². The molecule has 1 atom stereocenters. The quantitative estimate of drug-likeness (QED) is 0.595. The molecule has 2 heterocycles. The maximum atomic E-state index is 14.6. The summed E-state index contributed by atoms with van der Waals surface area (Å²) in [6.07, 6.45) is 12.2. The molecule has 4 nitrogen and oxygen atoms in total. The number of halogens is 1. The van der Waals surface area contributed by atoms with E-state index in [-0.39, 0.29) is 5.69 Å². The van der Waals surface area contributed by atoms with E-state index in [4.69, 9.17) is 10.7 Å². The Hall–Kier alpha value is -2.69. The minimum atomic E-state index is -0.401. The average molecular weight is 405 g/mol. The van der Waals surface area contributed by atoms with E-state index < -0.39 is 5.82 Å². The Labute approximate surface area is 177 Å². The summed E-state index contributed by atoms with van der Waals surface area (Å²) in [4.78, 5) is 11.6. The third kappa shape index (κ3) is 3.30. The van der Waals surface area contributed by atoms with Gasteiger partial charge in [-0.05, 0) is 66.0 Å². The molecule has 30 heavy (non-hydrogen) atoms. The van der Waals surface area contributed by atoms with Crippen molar-refractivity contribution in [1.29, 1.82) is 0 Å². The molecule has 2 aliphatic heterocycles. The number of nitrogens with two attached hydrogens (primary N) is 1. The van der Waals surface area contributed by atoms with Crippen LogP contribution < -0.4 is 5.73 Å². The van der Waals surface area contributed by atoms with Crippen LogP contribution in [0, 0.1) is 5.82 Å². The van der Waals surface area contributed by atoms with Crippen molar-refractivity contribution in [2.45, 2.75) is 70.4 Å². The summed E-state index contributed by atoms with van der Waals surface area (Å²) in [6.45, 7) is 3.06. The zero-order valence-corrected chi connectivity index (χ0v) is 17.6. The van der Waals surface area contributed by atoms with Crippen LogP contribution in [-0.2, 0) is 6.54 Å². The summed E-state index contributed by atoms with van der Waals surface area (Å²) >= 11 is 0. The Bertz CT molecular complexity index is 1020. The minimum Gasteiger partial charge on any atom is -0.395 e. The Balaban J connectivity index is 1.52. The van der Waals surface area contributed by atoms with Crippen molar-refractivity contribution in [2.75, 3.05) is 5.73 Å². The fourth-order valence-corrected chi connectivity index (χ4v) is 5.21. The number of hydrogen-bond donors (Lipinski definition) is 1. The molecule has 0 aromatic heterocycles. The lowest BCUT2D eigenvalue weighted by Gasteiger charge is -2.35. The lowest BCUT2D eigenvalue weighted by Crippen LogP contribution is -2.36. The smallest absolute Gasteiger partial charge is 0.148 e. The van der Waals surface area contributed by atoms with Crippen LogP contribution in [0.15, 0.2) is 34.3 Å². The summed E-state index contributed by atoms with van der Waals surface area (Å²) in [5, 5.41) is 0. The second-order valence-corrected chi connectivity index (χ2v) is 8.79. The van der Waals surface area contributed by atoms with Crippen LogP contribution in [-0.4, -0.2) is 23.5 Å². The number of fused-ring (bicyclic) bond motifs is 2. The molecule has 3 aliphatic rings. The molecule has 156 valence electrons. The summed E-state index contributed by atoms with van der Waals surface area (Å²) in [5.74, 6) is -0.0981. The molecular formula is C25H29FN4. The molecule has 5 heteroatoms. The molecule has 5 rings (SSSR count). The van der Waals surface area contributed by atoms with Gasteiger partial charge in [0, 0.05) is 18.8 Å². The van der Waals surface area contributed by atoms with Gasteiger partial charge >= 0.3 is 0 Å². The van der Waals surface area contributed by atoms with Gasteiger partial charge in [0.25, 0.3) is 0 Å². The SMILES string of the molecule is CCC1CC=Nc2c(N)c(F)cc(-c3ccc4c(c3)N=CN(C3CCCCC3)C4)c21. The Morgan fingerprint density at radius 1 is 1.13 bits per heavy atom. The second-order valence-electron chi connectivity index (χ2n) is 8.79. The molecule has 2 aromatic rings.